The average Bonchev–Trinajstić information content (AvgIpc) is 2.57. The highest BCUT2D eigenvalue weighted by atomic mass is 16.2. The van der Waals surface area contributed by atoms with Crippen molar-refractivity contribution in [2.75, 3.05) is 26.2 Å². The summed E-state index contributed by atoms with van der Waals surface area (Å²) in [5, 5.41) is 3.48. The summed E-state index contributed by atoms with van der Waals surface area (Å²) >= 11 is 0. The van der Waals surface area contributed by atoms with Crippen molar-refractivity contribution in [3.8, 4) is 0 Å². The molecular formula is C13H24N2O. The molecule has 1 amide bonds. The first kappa shape index (κ1) is 11.9. The average molecular weight is 224 g/mol. The van der Waals surface area contributed by atoms with E-state index in [9.17, 15) is 4.79 Å². The summed E-state index contributed by atoms with van der Waals surface area (Å²) in [6, 6.07) is 0. The highest BCUT2D eigenvalue weighted by Gasteiger charge is 2.27. The first-order chi connectivity index (χ1) is 7.77. The maximum atomic E-state index is 11.3. The van der Waals surface area contributed by atoms with E-state index < -0.39 is 0 Å². The zero-order chi connectivity index (χ0) is 11.4. The largest absolute Gasteiger partial charge is 0.343 e. The van der Waals surface area contributed by atoms with Gasteiger partial charge in [0.15, 0.2) is 0 Å². The molecule has 2 rings (SSSR count). The molecule has 0 bridgehead atoms. The Kier molecular flexibility index (Phi) is 4.22. The minimum absolute atomic E-state index is 0.251. The fourth-order valence-electron chi connectivity index (χ4n) is 3.20. The Morgan fingerprint density at radius 2 is 1.75 bits per heavy atom. The van der Waals surface area contributed by atoms with E-state index in [1.807, 2.05) is 4.90 Å². The molecule has 0 aromatic carbocycles. The highest BCUT2D eigenvalue weighted by Crippen LogP contribution is 2.31. The fourth-order valence-corrected chi connectivity index (χ4v) is 3.20. The minimum Gasteiger partial charge on any atom is -0.343 e. The molecule has 1 unspecified atom stereocenters. The molecule has 3 nitrogen and oxygen atoms in total. The second kappa shape index (κ2) is 5.67. The van der Waals surface area contributed by atoms with Crippen molar-refractivity contribution in [3.63, 3.8) is 0 Å². The van der Waals surface area contributed by atoms with Crippen LogP contribution in [0.25, 0.3) is 0 Å². The summed E-state index contributed by atoms with van der Waals surface area (Å²) in [6.45, 7) is 6.06. The summed E-state index contributed by atoms with van der Waals surface area (Å²) in [7, 11) is 0. The first-order valence-corrected chi connectivity index (χ1v) is 6.73. The molecule has 0 aromatic rings. The van der Waals surface area contributed by atoms with Gasteiger partial charge in [-0.15, -0.1) is 0 Å². The number of carbonyl (C=O) groups excluding carboxylic acids is 1. The second-order valence-corrected chi connectivity index (χ2v) is 5.28. The summed E-state index contributed by atoms with van der Waals surface area (Å²) in [5.74, 6) is 2.03. The predicted octanol–water partition coefficient (Wildman–Crippen LogP) is 1.63. The van der Waals surface area contributed by atoms with Crippen LogP contribution in [0.3, 0.4) is 0 Å². The van der Waals surface area contributed by atoms with Crippen molar-refractivity contribution < 1.29 is 4.79 Å². The van der Waals surface area contributed by atoms with Crippen LogP contribution in [0, 0.1) is 11.8 Å². The summed E-state index contributed by atoms with van der Waals surface area (Å²) in [4.78, 5) is 13.3. The topological polar surface area (TPSA) is 32.3 Å². The van der Waals surface area contributed by atoms with Crippen molar-refractivity contribution in [1.82, 2.24) is 10.2 Å². The van der Waals surface area contributed by atoms with Gasteiger partial charge < -0.3 is 10.2 Å². The molecule has 2 heterocycles. The van der Waals surface area contributed by atoms with Crippen LogP contribution in [0.2, 0.25) is 0 Å². The zero-order valence-corrected chi connectivity index (χ0v) is 10.4. The number of carbonyl (C=O) groups is 1. The molecule has 0 saturated carbocycles. The third-order valence-corrected chi connectivity index (χ3v) is 4.27. The Morgan fingerprint density at radius 3 is 2.44 bits per heavy atom. The Balaban J connectivity index is 1.81. The van der Waals surface area contributed by atoms with Crippen molar-refractivity contribution in [2.45, 2.75) is 39.0 Å². The zero-order valence-electron chi connectivity index (χ0n) is 10.4. The van der Waals surface area contributed by atoms with E-state index in [4.69, 9.17) is 0 Å². The quantitative estimate of drug-likeness (QED) is 0.734. The number of amides is 1. The molecule has 16 heavy (non-hydrogen) atoms. The number of piperidine rings is 1. The fraction of sp³-hybridized carbons (Fsp3) is 0.923. The summed E-state index contributed by atoms with van der Waals surface area (Å²) in [6.07, 6.45) is 6.51. The highest BCUT2D eigenvalue weighted by molar-refractivity contribution is 5.73. The standard InChI is InChI=1S/C13H24N2O/c1-11(16)15-9-5-13(6-10-15)12-3-2-7-14-8-4-12/h12-14H,2-10H2,1H3. The maximum absolute atomic E-state index is 11.3. The molecule has 0 aromatic heterocycles. The van der Waals surface area contributed by atoms with E-state index in [-0.39, 0.29) is 5.91 Å². The molecule has 92 valence electrons. The van der Waals surface area contributed by atoms with Crippen molar-refractivity contribution >= 4 is 5.91 Å². The lowest BCUT2D eigenvalue weighted by atomic mass is 9.80. The first-order valence-electron chi connectivity index (χ1n) is 6.73. The molecule has 0 radical (unpaired) electrons. The number of hydrogen-bond acceptors (Lipinski definition) is 2. The Hall–Kier alpha value is -0.570. The van der Waals surface area contributed by atoms with Gasteiger partial charge in [0, 0.05) is 20.0 Å². The molecule has 1 N–H and O–H groups in total. The van der Waals surface area contributed by atoms with Gasteiger partial charge >= 0.3 is 0 Å². The maximum Gasteiger partial charge on any atom is 0.219 e. The molecule has 2 aliphatic rings. The van der Waals surface area contributed by atoms with Crippen molar-refractivity contribution in [1.29, 1.82) is 0 Å². The van der Waals surface area contributed by atoms with Gasteiger partial charge in [0.2, 0.25) is 5.91 Å². The monoisotopic (exact) mass is 224 g/mol. The smallest absolute Gasteiger partial charge is 0.219 e. The lowest BCUT2D eigenvalue weighted by molar-refractivity contribution is -0.130. The van der Waals surface area contributed by atoms with Crippen molar-refractivity contribution in [3.05, 3.63) is 0 Å². The number of nitrogens with zero attached hydrogens (tertiary/aromatic N) is 1. The van der Waals surface area contributed by atoms with E-state index in [2.05, 4.69) is 5.32 Å². The molecule has 2 aliphatic heterocycles. The van der Waals surface area contributed by atoms with E-state index in [0.29, 0.717) is 0 Å². The van der Waals surface area contributed by atoms with Gasteiger partial charge in [0.25, 0.3) is 0 Å². The Morgan fingerprint density at radius 1 is 1.06 bits per heavy atom. The Bertz CT molecular complexity index is 226. The number of hydrogen-bond donors (Lipinski definition) is 1. The molecule has 0 aliphatic carbocycles. The second-order valence-electron chi connectivity index (χ2n) is 5.28. The van der Waals surface area contributed by atoms with Gasteiger partial charge in [0.05, 0.1) is 0 Å². The lowest BCUT2D eigenvalue weighted by Crippen LogP contribution is -2.39. The van der Waals surface area contributed by atoms with Crippen molar-refractivity contribution in [2.24, 2.45) is 11.8 Å². The van der Waals surface area contributed by atoms with Crippen LogP contribution in [-0.2, 0) is 4.79 Å². The van der Waals surface area contributed by atoms with Crippen LogP contribution < -0.4 is 5.32 Å². The predicted molar refractivity (Wildman–Crippen MR) is 65.2 cm³/mol. The lowest BCUT2D eigenvalue weighted by Gasteiger charge is -2.35. The van der Waals surface area contributed by atoms with E-state index in [0.717, 1.165) is 24.9 Å². The van der Waals surface area contributed by atoms with Gasteiger partial charge in [-0.25, -0.2) is 0 Å². The SMILES string of the molecule is CC(=O)N1CCC(C2CCCNCC2)CC1. The molecule has 2 fully saturated rings. The summed E-state index contributed by atoms with van der Waals surface area (Å²) < 4.78 is 0. The van der Waals surface area contributed by atoms with Gasteiger partial charge in [0.1, 0.15) is 0 Å². The number of rotatable bonds is 1. The third-order valence-electron chi connectivity index (χ3n) is 4.27. The molecule has 3 heteroatoms. The van der Waals surface area contributed by atoms with Gasteiger partial charge in [-0.1, -0.05) is 0 Å². The van der Waals surface area contributed by atoms with Crippen LogP contribution in [0.5, 0.6) is 0 Å². The van der Waals surface area contributed by atoms with Crippen LogP contribution in [0.4, 0.5) is 0 Å². The molecule has 1 atom stereocenters. The van der Waals surface area contributed by atoms with Crippen LogP contribution >= 0.6 is 0 Å². The van der Waals surface area contributed by atoms with E-state index in [1.165, 1.54) is 45.2 Å². The van der Waals surface area contributed by atoms with E-state index >= 15 is 0 Å². The van der Waals surface area contributed by atoms with Crippen LogP contribution in [0.15, 0.2) is 0 Å². The number of likely N-dealkylation sites (tertiary alicyclic amines) is 1. The van der Waals surface area contributed by atoms with Gasteiger partial charge in [-0.2, -0.15) is 0 Å². The van der Waals surface area contributed by atoms with Crippen LogP contribution in [0.1, 0.15) is 39.0 Å². The van der Waals surface area contributed by atoms with Crippen LogP contribution in [-0.4, -0.2) is 37.0 Å². The Labute approximate surface area is 98.6 Å². The number of nitrogens with one attached hydrogen (secondary N) is 1. The minimum atomic E-state index is 0.251. The molecule has 0 spiro atoms. The molecular weight excluding hydrogens is 200 g/mol. The molecule has 2 saturated heterocycles. The van der Waals surface area contributed by atoms with E-state index in [1.54, 1.807) is 6.92 Å². The summed E-state index contributed by atoms with van der Waals surface area (Å²) in [5.41, 5.74) is 0. The normalized spacial score (nSPS) is 28.8. The van der Waals surface area contributed by atoms with Gasteiger partial charge in [-0.05, 0) is 57.0 Å². The third kappa shape index (κ3) is 2.97. The van der Waals surface area contributed by atoms with Gasteiger partial charge in [-0.3, -0.25) is 4.79 Å².